The number of aliphatic hydroxyl groups excluding tert-OH is 1. The number of nitrogens with zero attached hydrogens (tertiary/aromatic N) is 1. The largest absolute Gasteiger partial charge is 0.507 e. The van der Waals surface area contributed by atoms with Crippen molar-refractivity contribution in [1.29, 1.82) is 0 Å². The molecule has 1 fully saturated rings. The minimum atomic E-state index is -0.432. The number of benzene rings is 2. The van der Waals surface area contributed by atoms with Crippen LogP contribution in [-0.4, -0.2) is 46.5 Å². The van der Waals surface area contributed by atoms with Crippen LogP contribution >= 0.6 is 27.5 Å². The smallest absolute Gasteiger partial charge is 0.197 e. The van der Waals surface area contributed by atoms with Gasteiger partial charge >= 0.3 is 0 Å². The molecular weight excluding hydrogens is 462 g/mol. The molecule has 0 aliphatic carbocycles. The lowest BCUT2D eigenvalue weighted by atomic mass is 9.89. The van der Waals surface area contributed by atoms with Gasteiger partial charge < -0.3 is 24.6 Å². The number of aromatic hydroxyl groups is 2. The standard InChI is InChI=1S/C21H19BrClNO5/c1-24-5-4-11(14(24)9-25)19-15(26)7-16(27)20-17(28)8-18(29-21(19)20)12-6-10(23)2-3-13(12)22/h2-3,6-8,11,14,25-27H,4-5,9H2,1H3/t11-,14+/m1/s1. The first kappa shape index (κ1) is 20.2. The van der Waals surface area contributed by atoms with Gasteiger partial charge in [0.05, 0.1) is 6.61 Å². The molecule has 8 heteroatoms. The maximum Gasteiger partial charge on any atom is 0.197 e. The van der Waals surface area contributed by atoms with E-state index in [0.717, 1.165) is 12.6 Å². The number of phenols is 2. The lowest BCUT2D eigenvalue weighted by Crippen LogP contribution is -2.32. The summed E-state index contributed by atoms with van der Waals surface area (Å²) in [4.78, 5) is 14.9. The molecule has 0 saturated carbocycles. The van der Waals surface area contributed by atoms with Crippen LogP contribution in [0.5, 0.6) is 11.5 Å². The van der Waals surface area contributed by atoms with Crippen LogP contribution in [0.4, 0.5) is 0 Å². The van der Waals surface area contributed by atoms with Gasteiger partial charge in [0.1, 0.15) is 28.2 Å². The number of hydrogen-bond donors (Lipinski definition) is 3. The van der Waals surface area contributed by atoms with Crippen LogP contribution in [0.25, 0.3) is 22.3 Å². The van der Waals surface area contributed by atoms with Crippen LogP contribution in [-0.2, 0) is 0 Å². The first-order chi connectivity index (χ1) is 13.8. The number of likely N-dealkylation sites (N-methyl/N-ethyl adjacent to an activating group) is 1. The molecule has 0 amide bonds. The molecule has 1 saturated heterocycles. The Balaban J connectivity index is 2.03. The van der Waals surface area contributed by atoms with E-state index in [1.165, 1.54) is 6.07 Å². The van der Waals surface area contributed by atoms with Crippen molar-refractivity contribution >= 4 is 38.5 Å². The second kappa shape index (κ2) is 7.65. The minimum Gasteiger partial charge on any atom is -0.507 e. The van der Waals surface area contributed by atoms with Crippen molar-refractivity contribution < 1.29 is 19.7 Å². The molecule has 6 nitrogen and oxygen atoms in total. The molecule has 1 aliphatic heterocycles. The molecule has 29 heavy (non-hydrogen) atoms. The van der Waals surface area contributed by atoms with Crippen LogP contribution < -0.4 is 5.43 Å². The molecule has 2 heterocycles. The number of aliphatic hydroxyl groups is 1. The summed E-state index contributed by atoms with van der Waals surface area (Å²) in [5.74, 6) is -0.512. The van der Waals surface area contributed by atoms with E-state index in [1.807, 2.05) is 11.9 Å². The van der Waals surface area contributed by atoms with Gasteiger partial charge in [-0.25, -0.2) is 0 Å². The van der Waals surface area contributed by atoms with Crippen LogP contribution in [0, 0.1) is 0 Å². The monoisotopic (exact) mass is 479 g/mol. The highest BCUT2D eigenvalue weighted by Gasteiger charge is 2.36. The molecular formula is C21H19BrClNO5. The summed E-state index contributed by atoms with van der Waals surface area (Å²) in [6.45, 7) is 0.619. The topological polar surface area (TPSA) is 94.1 Å². The van der Waals surface area contributed by atoms with Crippen LogP contribution in [0.1, 0.15) is 17.9 Å². The third-order valence-corrected chi connectivity index (χ3v) is 6.50. The van der Waals surface area contributed by atoms with Crippen molar-refractivity contribution in [2.24, 2.45) is 0 Å². The lowest BCUT2D eigenvalue weighted by molar-refractivity contribution is 0.172. The van der Waals surface area contributed by atoms with Gasteiger partial charge in [0.15, 0.2) is 5.43 Å². The van der Waals surface area contributed by atoms with Gasteiger partial charge in [-0.3, -0.25) is 4.79 Å². The molecule has 0 bridgehead atoms. The fourth-order valence-electron chi connectivity index (χ4n) is 4.11. The van der Waals surface area contributed by atoms with Gasteiger partial charge in [-0.15, -0.1) is 0 Å². The Kier molecular flexibility index (Phi) is 5.33. The highest BCUT2D eigenvalue weighted by molar-refractivity contribution is 9.10. The minimum absolute atomic E-state index is 0.00550. The van der Waals surface area contributed by atoms with E-state index < -0.39 is 5.43 Å². The zero-order valence-electron chi connectivity index (χ0n) is 15.5. The number of halogens is 2. The summed E-state index contributed by atoms with van der Waals surface area (Å²) in [5.41, 5.74) is 0.681. The quantitative estimate of drug-likeness (QED) is 0.523. The SMILES string of the molecule is CN1CC[C@@H](c2c(O)cc(O)c3c(=O)cc(-c4cc(Cl)ccc4Br)oc23)[C@@H]1CO. The second-order valence-electron chi connectivity index (χ2n) is 7.26. The summed E-state index contributed by atoms with van der Waals surface area (Å²) in [7, 11) is 1.89. The van der Waals surface area contributed by atoms with Gasteiger partial charge in [-0.2, -0.15) is 0 Å². The molecule has 1 aromatic heterocycles. The predicted molar refractivity (Wildman–Crippen MR) is 115 cm³/mol. The lowest BCUT2D eigenvalue weighted by Gasteiger charge is -2.24. The van der Waals surface area contributed by atoms with Gasteiger partial charge in [0.25, 0.3) is 0 Å². The van der Waals surface area contributed by atoms with Crippen molar-refractivity contribution in [2.45, 2.75) is 18.4 Å². The Hall–Kier alpha value is -2.06. The Morgan fingerprint density at radius 1 is 1.24 bits per heavy atom. The van der Waals surface area contributed by atoms with Gasteiger partial charge in [0, 0.05) is 44.7 Å². The van der Waals surface area contributed by atoms with Crippen molar-refractivity contribution in [3.8, 4) is 22.8 Å². The van der Waals surface area contributed by atoms with Crippen LogP contribution in [0.3, 0.4) is 0 Å². The number of likely N-dealkylation sites (tertiary alicyclic amines) is 1. The van der Waals surface area contributed by atoms with Crippen molar-refractivity contribution in [1.82, 2.24) is 4.90 Å². The molecule has 3 aromatic rings. The summed E-state index contributed by atoms with van der Waals surface area (Å²) < 4.78 is 6.77. The summed E-state index contributed by atoms with van der Waals surface area (Å²) in [5, 5.41) is 31.3. The third kappa shape index (κ3) is 3.42. The highest BCUT2D eigenvalue weighted by atomic mass is 79.9. The molecule has 0 radical (unpaired) electrons. The summed E-state index contributed by atoms with van der Waals surface area (Å²) in [6, 6.07) is 7.34. The van der Waals surface area contributed by atoms with E-state index in [9.17, 15) is 20.1 Å². The molecule has 152 valence electrons. The van der Waals surface area contributed by atoms with Gasteiger partial charge in [-0.1, -0.05) is 27.5 Å². The first-order valence-electron chi connectivity index (χ1n) is 9.11. The number of fused-ring (bicyclic) bond motifs is 1. The molecule has 0 spiro atoms. The first-order valence-corrected chi connectivity index (χ1v) is 10.3. The number of rotatable bonds is 3. The van der Waals surface area contributed by atoms with Crippen LogP contribution in [0.2, 0.25) is 5.02 Å². The fourth-order valence-corrected chi connectivity index (χ4v) is 4.72. The molecule has 0 unspecified atom stereocenters. The molecule has 4 rings (SSSR count). The Morgan fingerprint density at radius 2 is 2.00 bits per heavy atom. The molecule has 2 atom stereocenters. The van der Waals surface area contributed by atoms with Gasteiger partial charge in [0.2, 0.25) is 0 Å². The van der Waals surface area contributed by atoms with E-state index in [4.69, 9.17) is 16.0 Å². The zero-order valence-corrected chi connectivity index (χ0v) is 17.9. The Bertz CT molecular complexity index is 1160. The maximum atomic E-state index is 12.9. The van der Waals surface area contributed by atoms with E-state index in [0.29, 0.717) is 27.0 Å². The Morgan fingerprint density at radius 3 is 2.72 bits per heavy atom. The van der Waals surface area contributed by atoms with E-state index >= 15 is 0 Å². The van der Waals surface area contributed by atoms with Gasteiger partial charge in [-0.05, 0) is 38.2 Å². The molecule has 1 aliphatic rings. The second-order valence-corrected chi connectivity index (χ2v) is 8.55. The van der Waals surface area contributed by atoms with Crippen molar-refractivity contribution in [2.75, 3.05) is 20.2 Å². The summed E-state index contributed by atoms with van der Waals surface area (Å²) >= 11 is 9.55. The Labute approximate surface area is 180 Å². The summed E-state index contributed by atoms with van der Waals surface area (Å²) in [6.07, 6.45) is 0.671. The van der Waals surface area contributed by atoms with E-state index in [1.54, 1.807) is 18.2 Å². The normalized spacial score (nSPS) is 19.9. The number of hydrogen-bond acceptors (Lipinski definition) is 6. The van der Waals surface area contributed by atoms with E-state index in [2.05, 4.69) is 15.9 Å². The molecule has 2 aromatic carbocycles. The van der Waals surface area contributed by atoms with Crippen LogP contribution in [0.15, 0.2) is 44.0 Å². The fraction of sp³-hybridized carbons (Fsp3) is 0.286. The maximum absolute atomic E-state index is 12.9. The highest BCUT2D eigenvalue weighted by Crippen LogP contribution is 2.44. The number of phenolic OH excluding ortho intramolecular Hbond substituents is 2. The van der Waals surface area contributed by atoms with Crippen molar-refractivity contribution in [3.05, 3.63) is 55.6 Å². The van der Waals surface area contributed by atoms with Crippen molar-refractivity contribution in [3.63, 3.8) is 0 Å². The predicted octanol–water partition coefficient (Wildman–Crippen LogP) is 4.07. The zero-order chi connectivity index (χ0) is 20.9. The van der Waals surface area contributed by atoms with E-state index in [-0.39, 0.29) is 46.8 Å². The third-order valence-electron chi connectivity index (χ3n) is 5.57. The average Bonchev–Trinajstić information content (AvgIpc) is 3.03. The average molecular weight is 481 g/mol. The molecule has 3 N–H and O–H groups in total.